The summed E-state index contributed by atoms with van der Waals surface area (Å²) in [7, 11) is 0. The van der Waals surface area contributed by atoms with Gasteiger partial charge in [0.15, 0.2) is 0 Å². The maximum absolute atomic E-state index is 12.8. The summed E-state index contributed by atoms with van der Waals surface area (Å²) >= 11 is 0. The van der Waals surface area contributed by atoms with E-state index in [1.54, 1.807) is 6.92 Å². The minimum Gasteiger partial charge on any atom is -0.459 e. The van der Waals surface area contributed by atoms with Crippen molar-refractivity contribution in [2.75, 3.05) is 19.8 Å². The lowest BCUT2D eigenvalue weighted by molar-refractivity contribution is -0.160. The van der Waals surface area contributed by atoms with E-state index in [9.17, 15) is 18.0 Å². The van der Waals surface area contributed by atoms with Gasteiger partial charge in [-0.1, -0.05) is 26.0 Å². The van der Waals surface area contributed by atoms with E-state index in [0.29, 0.717) is 13.0 Å². The molecule has 0 radical (unpaired) electrons. The quantitative estimate of drug-likeness (QED) is 0.765. The van der Waals surface area contributed by atoms with Crippen LogP contribution in [0.2, 0.25) is 0 Å². The fraction of sp³-hybridized carbons (Fsp3) is 0.650. The van der Waals surface area contributed by atoms with Crippen LogP contribution in [-0.2, 0) is 31.6 Å². The van der Waals surface area contributed by atoms with E-state index < -0.39 is 36.0 Å². The largest absolute Gasteiger partial charge is 0.459 e. The molecule has 1 heterocycles. The van der Waals surface area contributed by atoms with Gasteiger partial charge in [-0.3, -0.25) is 4.79 Å². The summed E-state index contributed by atoms with van der Waals surface area (Å²) < 4.78 is 55.4. The van der Waals surface area contributed by atoms with E-state index >= 15 is 0 Å². The molecule has 8 heteroatoms. The van der Waals surface area contributed by atoms with Crippen molar-refractivity contribution in [2.24, 2.45) is 17.6 Å². The number of nitrogens with two attached hydrogens (primary N) is 1. The Labute approximate surface area is 163 Å². The van der Waals surface area contributed by atoms with Gasteiger partial charge in [0.2, 0.25) is 0 Å². The smallest absolute Gasteiger partial charge is 0.416 e. The highest BCUT2D eigenvalue weighted by molar-refractivity contribution is 5.75. The molecule has 0 unspecified atom stereocenters. The van der Waals surface area contributed by atoms with Crippen LogP contribution < -0.4 is 5.73 Å². The van der Waals surface area contributed by atoms with Gasteiger partial charge < -0.3 is 19.9 Å². The van der Waals surface area contributed by atoms with Crippen LogP contribution in [0.15, 0.2) is 24.3 Å². The normalized spacial score (nSPS) is 27.1. The molecule has 4 atom stereocenters. The maximum Gasteiger partial charge on any atom is 0.416 e. The Morgan fingerprint density at radius 2 is 1.86 bits per heavy atom. The third-order valence-electron chi connectivity index (χ3n) is 4.56. The molecule has 0 aromatic heterocycles. The Bertz CT molecular complexity index is 633. The second kappa shape index (κ2) is 9.71. The first kappa shape index (κ1) is 22.6. The first-order valence-corrected chi connectivity index (χ1v) is 9.39. The Morgan fingerprint density at radius 3 is 2.43 bits per heavy atom. The zero-order valence-corrected chi connectivity index (χ0v) is 16.4. The van der Waals surface area contributed by atoms with Gasteiger partial charge in [-0.2, -0.15) is 13.2 Å². The molecular weight excluding hydrogens is 375 g/mol. The summed E-state index contributed by atoms with van der Waals surface area (Å²) in [5, 5.41) is 0. The number of ether oxygens (including phenoxy) is 3. The minimum absolute atomic E-state index is 0.0198. The molecule has 0 aliphatic carbocycles. The van der Waals surface area contributed by atoms with Crippen molar-refractivity contribution in [3.8, 4) is 0 Å². The van der Waals surface area contributed by atoms with Crippen molar-refractivity contribution in [3.05, 3.63) is 35.4 Å². The molecule has 0 bridgehead atoms. The lowest BCUT2D eigenvalue weighted by Crippen LogP contribution is -2.42. The number of esters is 1. The Kier molecular flexibility index (Phi) is 7.86. The van der Waals surface area contributed by atoms with E-state index in [1.807, 2.05) is 13.8 Å². The SMILES string of the molecule is CC(C)CO[C@@H]1[C@@H](Cc2ccc(C(F)(F)F)cc2)COC[C@H](N)C(=O)O[C@H]1C. The second-order valence-corrected chi connectivity index (χ2v) is 7.64. The molecule has 1 fully saturated rings. The van der Waals surface area contributed by atoms with Gasteiger partial charge in [0, 0.05) is 12.5 Å². The number of halogens is 3. The summed E-state index contributed by atoms with van der Waals surface area (Å²) in [6.45, 7) is 6.49. The number of carbonyl (C=O) groups excluding carboxylic acids is 1. The summed E-state index contributed by atoms with van der Waals surface area (Å²) in [6, 6.07) is 4.16. The minimum atomic E-state index is -4.37. The van der Waals surface area contributed by atoms with Gasteiger partial charge in [0.25, 0.3) is 0 Å². The summed E-state index contributed by atoms with van der Waals surface area (Å²) in [6.07, 6.45) is -4.96. The molecular formula is C20H28F3NO4. The molecule has 158 valence electrons. The molecule has 0 spiro atoms. The number of hydrogen-bond acceptors (Lipinski definition) is 5. The molecule has 1 saturated heterocycles. The number of hydrogen-bond donors (Lipinski definition) is 1. The van der Waals surface area contributed by atoms with E-state index in [2.05, 4.69) is 0 Å². The highest BCUT2D eigenvalue weighted by Crippen LogP contribution is 2.30. The van der Waals surface area contributed by atoms with Crippen LogP contribution in [0, 0.1) is 11.8 Å². The topological polar surface area (TPSA) is 70.8 Å². The van der Waals surface area contributed by atoms with Gasteiger partial charge in [0.05, 0.1) is 24.9 Å². The van der Waals surface area contributed by atoms with Crippen molar-refractivity contribution in [2.45, 2.75) is 51.6 Å². The van der Waals surface area contributed by atoms with Gasteiger partial charge in [-0.15, -0.1) is 0 Å². The zero-order valence-electron chi connectivity index (χ0n) is 16.4. The van der Waals surface area contributed by atoms with Crippen molar-refractivity contribution in [3.63, 3.8) is 0 Å². The first-order chi connectivity index (χ1) is 13.1. The lowest BCUT2D eigenvalue weighted by atomic mass is 9.91. The Morgan fingerprint density at radius 1 is 1.21 bits per heavy atom. The number of cyclic esters (lactones) is 1. The van der Waals surface area contributed by atoms with Crippen molar-refractivity contribution in [1.82, 2.24) is 0 Å². The molecule has 2 rings (SSSR count). The second-order valence-electron chi connectivity index (χ2n) is 7.64. The highest BCUT2D eigenvalue weighted by Gasteiger charge is 2.34. The zero-order chi connectivity index (χ0) is 20.9. The van der Waals surface area contributed by atoms with Gasteiger partial charge in [0.1, 0.15) is 12.1 Å². The number of alkyl halides is 3. The third-order valence-corrected chi connectivity index (χ3v) is 4.56. The van der Waals surface area contributed by atoms with Gasteiger partial charge in [-0.05, 0) is 37.0 Å². The molecule has 2 N–H and O–H groups in total. The molecule has 28 heavy (non-hydrogen) atoms. The first-order valence-electron chi connectivity index (χ1n) is 9.39. The van der Waals surface area contributed by atoms with Crippen LogP contribution in [0.3, 0.4) is 0 Å². The monoisotopic (exact) mass is 403 g/mol. The van der Waals surface area contributed by atoms with Gasteiger partial charge >= 0.3 is 12.1 Å². The van der Waals surface area contributed by atoms with Gasteiger partial charge in [-0.25, -0.2) is 0 Å². The predicted molar refractivity (Wildman–Crippen MR) is 97.6 cm³/mol. The average molecular weight is 403 g/mol. The van der Waals surface area contributed by atoms with Crippen molar-refractivity contribution >= 4 is 5.97 Å². The van der Waals surface area contributed by atoms with Crippen LogP contribution in [0.25, 0.3) is 0 Å². The Balaban J connectivity index is 2.20. The molecule has 1 aliphatic rings. The van der Waals surface area contributed by atoms with E-state index in [4.69, 9.17) is 19.9 Å². The Hall–Kier alpha value is -1.64. The summed E-state index contributed by atoms with van der Waals surface area (Å²) in [5.41, 5.74) is 5.79. The lowest BCUT2D eigenvalue weighted by Gasteiger charge is -2.31. The fourth-order valence-electron chi connectivity index (χ4n) is 3.11. The van der Waals surface area contributed by atoms with Crippen LogP contribution in [-0.4, -0.2) is 44.0 Å². The van der Waals surface area contributed by atoms with E-state index in [-0.39, 0.29) is 25.0 Å². The molecule has 1 aromatic rings. The molecule has 0 amide bonds. The summed E-state index contributed by atoms with van der Waals surface area (Å²) in [5.74, 6) is -0.491. The van der Waals surface area contributed by atoms with Crippen LogP contribution >= 0.6 is 0 Å². The molecule has 1 aromatic carbocycles. The van der Waals surface area contributed by atoms with Crippen LogP contribution in [0.1, 0.15) is 31.9 Å². The van der Waals surface area contributed by atoms with Crippen LogP contribution in [0.5, 0.6) is 0 Å². The standard InChI is InChI=1S/C20H28F3NO4/c1-12(2)9-27-18-13(3)28-19(25)17(24)11-26-10-15(18)8-14-4-6-16(7-5-14)20(21,22)23/h4-7,12-13,15,17-18H,8-11,24H2,1-3H3/t13-,15-,17-,18-/m0/s1. The fourth-order valence-corrected chi connectivity index (χ4v) is 3.11. The van der Waals surface area contributed by atoms with Crippen molar-refractivity contribution < 1.29 is 32.2 Å². The maximum atomic E-state index is 12.8. The molecule has 0 saturated carbocycles. The van der Waals surface area contributed by atoms with Crippen molar-refractivity contribution in [1.29, 1.82) is 0 Å². The van der Waals surface area contributed by atoms with E-state index in [0.717, 1.165) is 17.7 Å². The molecule has 1 aliphatic heterocycles. The summed E-state index contributed by atoms with van der Waals surface area (Å²) in [4.78, 5) is 12.0. The van der Waals surface area contributed by atoms with E-state index in [1.165, 1.54) is 12.1 Å². The predicted octanol–water partition coefficient (Wildman–Crippen LogP) is 3.19. The molecule has 5 nitrogen and oxygen atoms in total. The number of carbonyl (C=O) groups is 1. The number of benzene rings is 1. The highest BCUT2D eigenvalue weighted by atomic mass is 19.4. The average Bonchev–Trinajstić information content (AvgIpc) is 2.64. The van der Waals surface area contributed by atoms with Crippen LogP contribution in [0.4, 0.5) is 13.2 Å². The third kappa shape index (κ3) is 6.46. The number of rotatable bonds is 5.